The van der Waals surface area contributed by atoms with Crippen molar-refractivity contribution in [2.45, 2.75) is 46.5 Å². The van der Waals surface area contributed by atoms with Crippen molar-refractivity contribution in [2.24, 2.45) is 16.7 Å². The summed E-state index contributed by atoms with van der Waals surface area (Å²) in [6.07, 6.45) is 7.05. The molecule has 0 radical (unpaired) electrons. The van der Waals surface area contributed by atoms with Crippen LogP contribution in [0.5, 0.6) is 0 Å². The van der Waals surface area contributed by atoms with Crippen LogP contribution >= 0.6 is 0 Å². The molecule has 0 aromatic rings. The Bertz CT molecular complexity index is 344. The molecule has 0 spiro atoms. The molecular formula is C14H20O2. The summed E-state index contributed by atoms with van der Waals surface area (Å²) in [7, 11) is 0. The molecule has 0 aromatic heterocycles. The molecule has 1 saturated carbocycles. The Balaban J connectivity index is 2.85. The van der Waals surface area contributed by atoms with Crippen LogP contribution in [0.15, 0.2) is 12.2 Å². The molecule has 0 aliphatic heterocycles. The molecule has 1 rings (SSSR count). The van der Waals surface area contributed by atoms with Gasteiger partial charge in [0.15, 0.2) is 0 Å². The van der Waals surface area contributed by atoms with Gasteiger partial charge < -0.3 is 0 Å². The topological polar surface area (TPSA) is 34.1 Å². The second-order valence-corrected chi connectivity index (χ2v) is 6.13. The summed E-state index contributed by atoms with van der Waals surface area (Å²) in [5.74, 6) is 4.06. The molecule has 16 heavy (non-hydrogen) atoms. The van der Waals surface area contributed by atoms with Crippen molar-refractivity contribution >= 4 is 11.9 Å². The van der Waals surface area contributed by atoms with Crippen LogP contribution in [0.2, 0.25) is 0 Å². The van der Waals surface area contributed by atoms with Gasteiger partial charge in [0.25, 0.3) is 0 Å². The Hall–Kier alpha value is -1.10. The zero-order chi connectivity index (χ0) is 12.2. The van der Waals surface area contributed by atoms with Crippen molar-refractivity contribution in [3.8, 4) is 0 Å². The second kappa shape index (κ2) is 4.82. The van der Waals surface area contributed by atoms with Gasteiger partial charge in [-0.25, -0.2) is 9.59 Å². The van der Waals surface area contributed by atoms with Gasteiger partial charge in [0, 0.05) is 12.2 Å². The molecular weight excluding hydrogens is 200 g/mol. The first kappa shape index (κ1) is 13.0. The van der Waals surface area contributed by atoms with Crippen molar-refractivity contribution < 1.29 is 9.59 Å². The Morgan fingerprint density at radius 3 is 2.44 bits per heavy atom. The van der Waals surface area contributed by atoms with Gasteiger partial charge in [-0.2, -0.15) is 0 Å². The third-order valence-electron chi connectivity index (χ3n) is 3.46. The van der Waals surface area contributed by atoms with Crippen molar-refractivity contribution in [2.75, 3.05) is 0 Å². The molecule has 0 heterocycles. The van der Waals surface area contributed by atoms with E-state index < -0.39 is 0 Å². The lowest BCUT2D eigenvalue weighted by atomic mass is 9.59. The maximum atomic E-state index is 10.5. The second-order valence-electron chi connectivity index (χ2n) is 6.13. The minimum atomic E-state index is 0.108. The zero-order valence-electron chi connectivity index (χ0n) is 10.4. The standard InChI is InChI=1S/C14H20O2/c1-13(2)9-12(5-8-16)10-14(3,11-13)6-4-7-15/h4-5,12H,6,9-11H2,1-3H3. The van der Waals surface area contributed by atoms with E-state index in [4.69, 9.17) is 0 Å². The van der Waals surface area contributed by atoms with Gasteiger partial charge in [-0.15, -0.1) is 0 Å². The molecule has 88 valence electrons. The third kappa shape index (κ3) is 3.48. The zero-order valence-corrected chi connectivity index (χ0v) is 10.4. The van der Waals surface area contributed by atoms with Crippen LogP contribution in [-0.2, 0) is 9.59 Å². The molecule has 0 N–H and O–H groups in total. The summed E-state index contributed by atoms with van der Waals surface area (Å²) in [5, 5.41) is 0. The van der Waals surface area contributed by atoms with Gasteiger partial charge in [-0.05, 0) is 42.4 Å². The quantitative estimate of drug-likeness (QED) is 0.685. The monoisotopic (exact) mass is 220 g/mol. The third-order valence-corrected chi connectivity index (χ3v) is 3.46. The van der Waals surface area contributed by atoms with Gasteiger partial charge in [-0.3, -0.25) is 0 Å². The van der Waals surface area contributed by atoms with Crippen LogP contribution in [0, 0.1) is 16.7 Å². The average Bonchev–Trinajstić information content (AvgIpc) is 2.12. The molecule has 2 unspecified atom stereocenters. The lowest BCUT2D eigenvalue weighted by molar-refractivity contribution is 0.0741. The minimum Gasteiger partial charge on any atom is -0.234 e. The van der Waals surface area contributed by atoms with E-state index in [9.17, 15) is 9.59 Å². The van der Waals surface area contributed by atoms with Crippen molar-refractivity contribution in [1.82, 2.24) is 0 Å². The first-order chi connectivity index (χ1) is 7.41. The highest BCUT2D eigenvalue weighted by atomic mass is 16.1. The van der Waals surface area contributed by atoms with Crippen molar-refractivity contribution in [3.63, 3.8) is 0 Å². The van der Waals surface area contributed by atoms with E-state index in [1.807, 2.05) is 11.9 Å². The summed E-state index contributed by atoms with van der Waals surface area (Å²) in [6.45, 7) is 6.63. The van der Waals surface area contributed by atoms with Gasteiger partial charge in [-0.1, -0.05) is 20.8 Å². The summed E-state index contributed by atoms with van der Waals surface area (Å²) in [4.78, 5) is 20.8. The summed E-state index contributed by atoms with van der Waals surface area (Å²) < 4.78 is 0. The highest BCUT2D eigenvalue weighted by Gasteiger charge is 2.39. The van der Waals surface area contributed by atoms with E-state index in [1.165, 1.54) is 0 Å². The van der Waals surface area contributed by atoms with E-state index >= 15 is 0 Å². The predicted octanol–water partition coefficient (Wildman–Crippen LogP) is 2.98. The molecule has 0 aromatic carbocycles. The van der Waals surface area contributed by atoms with Gasteiger partial charge in [0.1, 0.15) is 11.9 Å². The van der Waals surface area contributed by atoms with Gasteiger partial charge in [0.2, 0.25) is 0 Å². The normalized spacial score (nSPS) is 32.3. The molecule has 1 aliphatic carbocycles. The largest absolute Gasteiger partial charge is 0.234 e. The van der Waals surface area contributed by atoms with Gasteiger partial charge in [0.05, 0.1) is 0 Å². The lowest BCUT2D eigenvalue weighted by Gasteiger charge is -2.45. The van der Waals surface area contributed by atoms with Crippen LogP contribution in [0.3, 0.4) is 0 Å². The molecule has 2 atom stereocenters. The Labute approximate surface area is 97.4 Å². The number of hydrogen-bond acceptors (Lipinski definition) is 2. The Kier molecular flexibility index (Phi) is 3.91. The molecule has 1 fully saturated rings. The number of rotatable bonds is 3. The van der Waals surface area contributed by atoms with Crippen LogP contribution in [-0.4, -0.2) is 11.9 Å². The van der Waals surface area contributed by atoms with Crippen LogP contribution < -0.4 is 0 Å². The van der Waals surface area contributed by atoms with E-state index in [-0.39, 0.29) is 10.8 Å². The minimum absolute atomic E-state index is 0.108. The highest BCUT2D eigenvalue weighted by molar-refractivity contribution is 5.46. The van der Waals surface area contributed by atoms with E-state index in [0.717, 1.165) is 25.7 Å². The molecule has 2 heteroatoms. The first-order valence-electron chi connectivity index (χ1n) is 5.81. The van der Waals surface area contributed by atoms with Crippen LogP contribution in [0.1, 0.15) is 46.5 Å². The van der Waals surface area contributed by atoms with Gasteiger partial charge >= 0.3 is 0 Å². The number of allylic oxidation sites excluding steroid dienone is 2. The SMILES string of the molecule is CC1(C)CC(C=C=O)CC(C)(CC=C=O)C1. The maximum Gasteiger partial charge on any atom is 0.120 e. The van der Waals surface area contributed by atoms with Crippen LogP contribution in [0.25, 0.3) is 0 Å². The summed E-state index contributed by atoms with van der Waals surface area (Å²) in [6, 6.07) is 0. The van der Waals surface area contributed by atoms with Crippen LogP contribution in [0.4, 0.5) is 0 Å². The fourth-order valence-corrected chi connectivity index (χ4v) is 3.37. The van der Waals surface area contributed by atoms with E-state index in [1.54, 1.807) is 12.2 Å². The highest BCUT2D eigenvalue weighted by Crippen LogP contribution is 2.50. The fraction of sp³-hybridized carbons (Fsp3) is 0.714. The smallest absolute Gasteiger partial charge is 0.120 e. The Morgan fingerprint density at radius 2 is 1.88 bits per heavy atom. The fourth-order valence-electron chi connectivity index (χ4n) is 3.37. The predicted molar refractivity (Wildman–Crippen MR) is 64.4 cm³/mol. The molecule has 0 bridgehead atoms. The van der Waals surface area contributed by atoms with E-state index in [2.05, 4.69) is 20.8 Å². The van der Waals surface area contributed by atoms with Crippen molar-refractivity contribution in [3.05, 3.63) is 12.2 Å². The summed E-state index contributed by atoms with van der Waals surface area (Å²) in [5.41, 5.74) is 0.332. The lowest BCUT2D eigenvalue weighted by Crippen LogP contribution is -2.35. The first-order valence-corrected chi connectivity index (χ1v) is 5.81. The van der Waals surface area contributed by atoms with Crippen molar-refractivity contribution in [1.29, 1.82) is 0 Å². The number of hydrogen-bond donors (Lipinski definition) is 0. The number of carbonyl (C=O) groups excluding carboxylic acids is 2. The average molecular weight is 220 g/mol. The molecule has 1 aliphatic rings. The van der Waals surface area contributed by atoms with E-state index in [0.29, 0.717) is 5.92 Å². The summed E-state index contributed by atoms with van der Waals surface area (Å²) >= 11 is 0. The maximum absolute atomic E-state index is 10.5. The molecule has 2 nitrogen and oxygen atoms in total. The molecule has 0 amide bonds. The molecule has 0 saturated heterocycles. The Morgan fingerprint density at radius 1 is 1.19 bits per heavy atom.